The maximum absolute atomic E-state index is 13.1. The SMILES string of the molecule is Cc1cc(C(=O)N[C@@H]2[C@@H]3CCO[C@H]3C2(C)C)c(C)n1[C@@H](C)c1ccccc1. The first-order chi connectivity index (χ1) is 12.8. The molecule has 2 fully saturated rings. The van der Waals surface area contributed by atoms with Gasteiger partial charge < -0.3 is 14.6 Å². The summed E-state index contributed by atoms with van der Waals surface area (Å²) in [5.41, 5.74) is 4.17. The number of hydrogen-bond donors (Lipinski definition) is 1. The highest BCUT2D eigenvalue weighted by molar-refractivity contribution is 5.96. The molecular weight excluding hydrogens is 336 g/mol. The lowest BCUT2D eigenvalue weighted by molar-refractivity contribution is -0.108. The zero-order chi connectivity index (χ0) is 19.3. The van der Waals surface area contributed by atoms with Gasteiger partial charge in [0.25, 0.3) is 5.91 Å². The van der Waals surface area contributed by atoms with Crippen molar-refractivity contribution in [2.45, 2.75) is 59.2 Å². The maximum atomic E-state index is 13.1. The second-order valence-electron chi connectivity index (χ2n) is 8.76. The number of nitrogens with zero attached hydrogens (tertiary/aromatic N) is 1. The van der Waals surface area contributed by atoms with Crippen molar-refractivity contribution in [1.29, 1.82) is 0 Å². The van der Waals surface area contributed by atoms with Gasteiger partial charge in [-0.2, -0.15) is 0 Å². The van der Waals surface area contributed by atoms with Gasteiger partial charge in [0, 0.05) is 35.4 Å². The summed E-state index contributed by atoms with van der Waals surface area (Å²) >= 11 is 0. The van der Waals surface area contributed by atoms with Crippen LogP contribution in [0.2, 0.25) is 0 Å². The second-order valence-corrected chi connectivity index (χ2v) is 8.76. The number of nitrogens with one attached hydrogen (secondary N) is 1. The van der Waals surface area contributed by atoms with Gasteiger partial charge in [0.1, 0.15) is 0 Å². The van der Waals surface area contributed by atoms with Crippen LogP contribution in [-0.2, 0) is 4.74 Å². The van der Waals surface area contributed by atoms with E-state index in [4.69, 9.17) is 4.74 Å². The van der Waals surface area contributed by atoms with Gasteiger partial charge in [0.15, 0.2) is 0 Å². The van der Waals surface area contributed by atoms with Gasteiger partial charge in [-0.05, 0) is 38.8 Å². The number of aryl methyl sites for hydroxylation is 1. The van der Waals surface area contributed by atoms with Crippen LogP contribution in [0.5, 0.6) is 0 Å². The number of carbonyl (C=O) groups excluding carboxylic acids is 1. The Morgan fingerprint density at radius 3 is 2.67 bits per heavy atom. The Balaban J connectivity index is 1.57. The Labute approximate surface area is 161 Å². The molecular formula is C23H30N2O2. The molecule has 4 heteroatoms. The fraction of sp³-hybridized carbons (Fsp3) is 0.522. The number of amides is 1. The Morgan fingerprint density at radius 1 is 1.26 bits per heavy atom. The smallest absolute Gasteiger partial charge is 0.253 e. The number of hydrogen-bond acceptors (Lipinski definition) is 2. The van der Waals surface area contributed by atoms with E-state index in [1.165, 1.54) is 5.56 Å². The number of benzene rings is 1. The highest BCUT2D eigenvalue weighted by atomic mass is 16.5. The van der Waals surface area contributed by atoms with E-state index < -0.39 is 0 Å². The van der Waals surface area contributed by atoms with Crippen LogP contribution in [0.15, 0.2) is 36.4 Å². The molecule has 0 spiro atoms. The molecule has 1 N–H and O–H groups in total. The highest BCUT2D eigenvalue weighted by Crippen LogP contribution is 2.52. The molecule has 1 aromatic heterocycles. The zero-order valence-corrected chi connectivity index (χ0v) is 17.0. The highest BCUT2D eigenvalue weighted by Gasteiger charge is 2.59. The molecule has 1 aromatic carbocycles. The molecule has 1 saturated heterocycles. The maximum Gasteiger partial charge on any atom is 0.253 e. The minimum absolute atomic E-state index is 0.000325. The molecule has 27 heavy (non-hydrogen) atoms. The third-order valence-electron chi connectivity index (χ3n) is 6.79. The predicted molar refractivity (Wildman–Crippen MR) is 107 cm³/mol. The van der Waals surface area contributed by atoms with E-state index >= 15 is 0 Å². The van der Waals surface area contributed by atoms with Crippen LogP contribution in [0, 0.1) is 25.2 Å². The number of fused-ring (bicyclic) bond motifs is 1. The standard InChI is InChI=1S/C23H30N2O2/c1-14-13-19(16(3)25(14)15(2)17-9-7-6-8-10-17)22(26)24-20-18-11-12-27-21(18)23(20,4)5/h6-10,13,15,18,20-21H,11-12H2,1-5H3,(H,24,26)/t15-,18-,20+,21+/m0/s1. The largest absolute Gasteiger partial charge is 0.377 e. The minimum Gasteiger partial charge on any atom is -0.377 e. The molecule has 1 saturated carbocycles. The van der Waals surface area contributed by atoms with Crippen LogP contribution in [-0.4, -0.2) is 29.2 Å². The number of aromatic nitrogens is 1. The molecule has 0 bridgehead atoms. The van der Waals surface area contributed by atoms with Crippen LogP contribution in [0.25, 0.3) is 0 Å². The van der Waals surface area contributed by atoms with Crippen molar-refractivity contribution >= 4 is 5.91 Å². The van der Waals surface area contributed by atoms with Crippen LogP contribution in [0.1, 0.15) is 60.5 Å². The monoisotopic (exact) mass is 366 g/mol. The van der Waals surface area contributed by atoms with E-state index in [0.29, 0.717) is 5.92 Å². The van der Waals surface area contributed by atoms with E-state index in [-0.39, 0.29) is 29.5 Å². The fourth-order valence-electron chi connectivity index (χ4n) is 5.32. The van der Waals surface area contributed by atoms with Crippen LogP contribution in [0.3, 0.4) is 0 Å². The summed E-state index contributed by atoms with van der Waals surface area (Å²) < 4.78 is 8.12. The van der Waals surface area contributed by atoms with Crippen molar-refractivity contribution in [3.8, 4) is 0 Å². The van der Waals surface area contributed by atoms with E-state index in [0.717, 1.165) is 30.0 Å². The summed E-state index contributed by atoms with van der Waals surface area (Å²) in [5, 5.41) is 3.32. The number of rotatable bonds is 4. The van der Waals surface area contributed by atoms with Gasteiger partial charge in [0.05, 0.1) is 17.7 Å². The topological polar surface area (TPSA) is 43.3 Å². The summed E-state index contributed by atoms with van der Waals surface area (Å²) in [7, 11) is 0. The van der Waals surface area contributed by atoms with Crippen molar-refractivity contribution in [2.24, 2.45) is 11.3 Å². The lowest BCUT2D eigenvalue weighted by Gasteiger charge is -2.54. The van der Waals surface area contributed by atoms with E-state index in [1.807, 2.05) is 12.1 Å². The summed E-state index contributed by atoms with van der Waals surface area (Å²) in [6.45, 7) is 11.5. The van der Waals surface area contributed by atoms with E-state index in [1.54, 1.807) is 0 Å². The Morgan fingerprint density at radius 2 is 1.96 bits per heavy atom. The molecule has 1 amide bonds. The zero-order valence-electron chi connectivity index (χ0n) is 17.0. The molecule has 4 nitrogen and oxygen atoms in total. The summed E-state index contributed by atoms with van der Waals surface area (Å²) in [6.07, 6.45) is 1.33. The molecule has 4 atom stereocenters. The fourth-order valence-corrected chi connectivity index (χ4v) is 5.32. The van der Waals surface area contributed by atoms with Crippen molar-refractivity contribution in [3.05, 3.63) is 58.9 Å². The van der Waals surface area contributed by atoms with Gasteiger partial charge >= 0.3 is 0 Å². The normalized spacial score (nSPS) is 26.9. The average Bonchev–Trinajstić information content (AvgIpc) is 3.23. The molecule has 2 aliphatic rings. The van der Waals surface area contributed by atoms with Crippen LogP contribution < -0.4 is 5.32 Å². The van der Waals surface area contributed by atoms with Gasteiger partial charge in [-0.1, -0.05) is 44.2 Å². The molecule has 1 aliphatic heterocycles. The van der Waals surface area contributed by atoms with Gasteiger partial charge in [-0.15, -0.1) is 0 Å². The van der Waals surface area contributed by atoms with Gasteiger partial charge in [-0.25, -0.2) is 0 Å². The quantitative estimate of drug-likeness (QED) is 0.879. The van der Waals surface area contributed by atoms with E-state index in [9.17, 15) is 4.79 Å². The first-order valence-electron chi connectivity index (χ1n) is 9.98. The van der Waals surface area contributed by atoms with Gasteiger partial charge in [0.2, 0.25) is 0 Å². The summed E-state index contributed by atoms with van der Waals surface area (Å²) in [4.78, 5) is 13.1. The third-order valence-corrected chi connectivity index (χ3v) is 6.79. The molecule has 0 radical (unpaired) electrons. The molecule has 4 rings (SSSR count). The summed E-state index contributed by atoms with van der Waals surface area (Å²) in [5.74, 6) is 0.494. The summed E-state index contributed by atoms with van der Waals surface area (Å²) in [6, 6.07) is 12.8. The number of carbonyl (C=O) groups is 1. The van der Waals surface area contributed by atoms with Crippen molar-refractivity contribution in [2.75, 3.05) is 6.61 Å². The molecule has 144 valence electrons. The predicted octanol–water partition coefficient (Wildman–Crippen LogP) is 4.26. The lowest BCUT2D eigenvalue weighted by atomic mass is 9.57. The van der Waals surface area contributed by atoms with Gasteiger partial charge in [-0.3, -0.25) is 4.79 Å². The van der Waals surface area contributed by atoms with Crippen molar-refractivity contribution < 1.29 is 9.53 Å². The minimum atomic E-state index is -0.000325. The Hall–Kier alpha value is -2.07. The van der Waals surface area contributed by atoms with E-state index in [2.05, 4.69) is 68.8 Å². The van der Waals surface area contributed by atoms with Crippen molar-refractivity contribution in [3.63, 3.8) is 0 Å². The molecule has 2 heterocycles. The second kappa shape index (κ2) is 6.52. The third kappa shape index (κ3) is 2.82. The van der Waals surface area contributed by atoms with Crippen LogP contribution in [0.4, 0.5) is 0 Å². The first-order valence-corrected chi connectivity index (χ1v) is 9.98. The lowest BCUT2D eigenvalue weighted by Crippen LogP contribution is -2.66. The van der Waals surface area contributed by atoms with Crippen LogP contribution >= 0.6 is 0 Å². The molecule has 1 aliphatic carbocycles. The van der Waals surface area contributed by atoms with Crippen molar-refractivity contribution in [1.82, 2.24) is 9.88 Å². The average molecular weight is 367 g/mol. The molecule has 2 aromatic rings. The Kier molecular flexibility index (Phi) is 4.42. The Bertz CT molecular complexity index is 853. The first kappa shape index (κ1) is 18.3. The molecule has 0 unspecified atom stereocenters. The number of ether oxygens (including phenoxy) is 1.